The lowest BCUT2D eigenvalue weighted by Gasteiger charge is -2.30. The number of carbonyl (C=O) groups excluding carboxylic acids is 1. The molecule has 0 bridgehead atoms. The van der Waals surface area contributed by atoms with Crippen molar-refractivity contribution in [3.8, 4) is 17.2 Å². The molecule has 0 spiro atoms. The number of halogens is 2. The van der Waals surface area contributed by atoms with Gasteiger partial charge in [-0.15, -0.1) is 0 Å². The predicted molar refractivity (Wildman–Crippen MR) is 135 cm³/mol. The second-order valence-electron chi connectivity index (χ2n) is 8.69. The highest BCUT2D eigenvalue weighted by molar-refractivity contribution is 6.42. The van der Waals surface area contributed by atoms with Crippen LogP contribution in [0.2, 0.25) is 10.0 Å². The molecule has 6 rings (SSSR count). The van der Waals surface area contributed by atoms with Crippen molar-refractivity contribution in [3.63, 3.8) is 0 Å². The summed E-state index contributed by atoms with van der Waals surface area (Å²) >= 11 is 12.3. The molecule has 0 N–H and O–H groups in total. The molecule has 6 nitrogen and oxygen atoms in total. The van der Waals surface area contributed by atoms with Crippen LogP contribution in [0.3, 0.4) is 0 Å². The average molecular weight is 509 g/mol. The average Bonchev–Trinajstić information content (AvgIpc) is 3.49. The highest BCUT2D eigenvalue weighted by atomic mass is 35.5. The van der Waals surface area contributed by atoms with E-state index in [1.54, 1.807) is 13.2 Å². The number of hydrogen-bond donors (Lipinski definition) is 0. The summed E-state index contributed by atoms with van der Waals surface area (Å²) in [6.07, 6.45) is 2.65. The van der Waals surface area contributed by atoms with Crippen LogP contribution in [-0.2, 0) is 19.5 Å². The highest BCUT2D eigenvalue weighted by Crippen LogP contribution is 2.46. The van der Waals surface area contributed by atoms with Gasteiger partial charge in [-0.25, -0.2) is 0 Å². The number of methoxy groups -OCH3 is 1. The number of amides is 1. The molecular weight excluding hydrogens is 487 g/mol. The van der Waals surface area contributed by atoms with Gasteiger partial charge in [-0.2, -0.15) is 0 Å². The van der Waals surface area contributed by atoms with Crippen molar-refractivity contribution < 1.29 is 19.0 Å². The molecule has 0 atom stereocenters. The van der Waals surface area contributed by atoms with Crippen LogP contribution in [0.4, 0.5) is 0 Å². The number of para-hydroxylation sites is 1. The van der Waals surface area contributed by atoms with E-state index in [0.717, 1.165) is 34.0 Å². The van der Waals surface area contributed by atoms with Gasteiger partial charge >= 0.3 is 0 Å². The van der Waals surface area contributed by atoms with Crippen molar-refractivity contribution in [2.45, 2.75) is 19.5 Å². The number of aromatic nitrogens is 1. The van der Waals surface area contributed by atoms with E-state index in [4.69, 9.17) is 37.4 Å². The monoisotopic (exact) mass is 508 g/mol. The van der Waals surface area contributed by atoms with Crippen molar-refractivity contribution in [1.82, 2.24) is 9.47 Å². The van der Waals surface area contributed by atoms with Crippen LogP contribution in [-0.4, -0.2) is 35.8 Å². The third-order valence-corrected chi connectivity index (χ3v) is 7.40. The zero-order chi connectivity index (χ0) is 24.1. The Balaban J connectivity index is 1.34. The molecule has 0 radical (unpaired) electrons. The van der Waals surface area contributed by atoms with Gasteiger partial charge in [0.15, 0.2) is 11.5 Å². The molecule has 0 fully saturated rings. The number of nitrogens with zero attached hydrogens (tertiary/aromatic N) is 2. The molecule has 0 saturated carbocycles. The fourth-order valence-electron chi connectivity index (χ4n) is 4.97. The van der Waals surface area contributed by atoms with E-state index in [0.29, 0.717) is 52.5 Å². The Labute approximate surface area is 212 Å². The number of benzene rings is 3. The number of fused-ring (bicyclic) bond motifs is 3. The first-order valence-corrected chi connectivity index (χ1v) is 12.1. The fourth-order valence-corrected chi connectivity index (χ4v) is 5.29. The summed E-state index contributed by atoms with van der Waals surface area (Å²) < 4.78 is 19.0. The lowest BCUT2D eigenvalue weighted by molar-refractivity contribution is 0.0734. The molecule has 1 amide bonds. The van der Waals surface area contributed by atoms with Gasteiger partial charge in [0.2, 0.25) is 12.5 Å². The van der Waals surface area contributed by atoms with Crippen molar-refractivity contribution in [1.29, 1.82) is 0 Å². The first-order chi connectivity index (χ1) is 17.0. The number of rotatable bonds is 4. The fraction of sp³-hybridized carbons (Fsp3) is 0.222. The maximum Gasteiger partial charge on any atom is 0.256 e. The van der Waals surface area contributed by atoms with E-state index in [1.807, 2.05) is 53.6 Å². The summed E-state index contributed by atoms with van der Waals surface area (Å²) in [7, 11) is 1.62. The third-order valence-electron chi connectivity index (χ3n) is 6.66. The standard InChI is InChI=1S/C27H22Cl2N2O4/c1-33-25-19-13-30(9-8-17(19)11-24-26(25)35-15-34-24)27(32)20-14-31(23-5-3-2-4-18(20)23)12-16-6-7-21(28)22(29)10-16/h2-7,10-11,14H,8-9,12-13,15H2,1H3. The van der Waals surface area contributed by atoms with Gasteiger partial charge in [-0.3, -0.25) is 4.79 Å². The van der Waals surface area contributed by atoms with Crippen LogP contribution in [0.1, 0.15) is 27.0 Å². The number of ether oxygens (including phenoxy) is 3. The Bertz CT molecular complexity index is 1480. The Kier molecular flexibility index (Phi) is 5.50. The zero-order valence-electron chi connectivity index (χ0n) is 19.0. The normalized spacial score (nSPS) is 14.3. The summed E-state index contributed by atoms with van der Waals surface area (Å²) in [4.78, 5) is 15.7. The van der Waals surface area contributed by atoms with Crippen molar-refractivity contribution in [3.05, 3.63) is 87.0 Å². The SMILES string of the molecule is COc1c2c(cc3c1OCO3)CCN(C(=O)c1cn(Cc3ccc(Cl)c(Cl)c3)c3ccccc13)C2. The zero-order valence-corrected chi connectivity index (χ0v) is 20.5. The van der Waals surface area contributed by atoms with E-state index in [9.17, 15) is 4.79 Å². The maximum absolute atomic E-state index is 13.8. The second-order valence-corrected chi connectivity index (χ2v) is 9.51. The number of hydrogen-bond acceptors (Lipinski definition) is 4. The Morgan fingerprint density at radius 2 is 1.94 bits per heavy atom. The summed E-state index contributed by atoms with van der Waals surface area (Å²) in [5.74, 6) is 1.94. The molecule has 2 aliphatic rings. The third kappa shape index (κ3) is 3.77. The maximum atomic E-state index is 13.8. The summed E-state index contributed by atoms with van der Waals surface area (Å²) in [5, 5.41) is 1.95. The molecule has 1 aromatic heterocycles. The Morgan fingerprint density at radius 1 is 1.09 bits per heavy atom. The highest BCUT2D eigenvalue weighted by Gasteiger charge is 2.31. The van der Waals surface area contributed by atoms with E-state index in [1.165, 1.54) is 0 Å². The first kappa shape index (κ1) is 22.1. The van der Waals surface area contributed by atoms with E-state index in [2.05, 4.69) is 4.57 Å². The molecule has 0 unspecified atom stereocenters. The lowest BCUT2D eigenvalue weighted by atomic mass is 9.97. The topological polar surface area (TPSA) is 52.9 Å². The minimum Gasteiger partial charge on any atom is -0.492 e. The predicted octanol–water partition coefficient (Wildman–Crippen LogP) is 5.93. The molecule has 0 aliphatic carbocycles. The number of carbonyl (C=O) groups is 1. The second kappa shape index (κ2) is 8.70. The van der Waals surface area contributed by atoms with E-state index < -0.39 is 0 Å². The quantitative estimate of drug-likeness (QED) is 0.342. The van der Waals surface area contributed by atoms with Gasteiger partial charge in [0.1, 0.15) is 0 Å². The van der Waals surface area contributed by atoms with Gasteiger partial charge in [-0.05, 0) is 41.8 Å². The molecule has 8 heteroatoms. The van der Waals surface area contributed by atoms with Crippen LogP contribution in [0.25, 0.3) is 10.9 Å². The summed E-state index contributed by atoms with van der Waals surface area (Å²) in [5.41, 5.74) is 4.75. The molecule has 2 aliphatic heterocycles. The lowest BCUT2D eigenvalue weighted by Crippen LogP contribution is -2.36. The van der Waals surface area contributed by atoms with Crippen LogP contribution in [0.15, 0.2) is 54.7 Å². The Hall–Kier alpha value is -3.35. The van der Waals surface area contributed by atoms with Crippen molar-refractivity contribution in [2.75, 3.05) is 20.4 Å². The molecule has 178 valence electrons. The van der Waals surface area contributed by atoms with Gasteiger partial charge in [0, 0.05) is 35.8 Å². The van der Waals surface area contributed by atoms with E-state index >= 15 is 0 Å². The largest absolute Gasteiger partial charge is 0.492 e. The van der Waals surface area contributed by atoms with Gasteiger partial charge in [0.05, 0.1) is 29.3 Å². The molecule has 35 heavy (non-hydrogen) atoms. The van der Waals surface area contributed by atoms with Crippen molar-refractivity contribution in [2.24, 2.45) is 0 Å². The molecule has 3 heterocycles. The van der Waals surface area contributed by atoms with Crippen molar-refractivity contribution >= 4 is 40.0 Å². The first-order valence-electron chi connectivity index (χ1n) is 11.3. The smallest absolute Gasteiger partial charge is 0.256 e. The van der Waals surface area contributed by atoms with Gasteiger partial charge in [-0.1, -0.05) is 47.5 Å². The minimum atomic E-state index is -0.0144. The molecular formula is C27H22Cl2N2O4. The van der Waals surface area contributed by atoms with Gasteiger partial charge < -0.3 is 23.7 Å². The van der Waals surface area contributed by atoms with Gasteiger partial charge in [0.25, 0.3) is 5.91 Å². The molecule has 4 aromatic rings. The van der Waals surface area contributed by atoms with E-state index in [-0.39, 0.29) is 12.7 Å². The van der Waals surface area contributed by atoms with Crippen LogP contribution >= 0.6 is 23.2 Å². The molecule has 3 aromatic carbocycles. The minimum absolute atomic E-state index is 0.0144. The Morgan fingerprint density at radius 3 is 2.77 bits per heavy atom. The van der Waals surface area contributed by atoms with Crippen LogP contribution in [0.5, 0.6) is 17.2 Å². The molecule has 0 saturated heterocycles. The van der Waals surface area contributed by atoms with Crippen LogP contribution in [0, 0.1) is 0 Å². The summed E-state index contributed by atoms with van der Waals surface area (Å²) in [6, 6.07) is 15.6. The summed E-state index contributed by atoms with van der Waals surface area (Å²) in [6.45, 7) is 1.81. The van der Waals surface area contributed by atoms with Crippen LogP contribution < -0.4 is 14.2 Å².